The van der Waals surface area contributed by atoms with E-state index in [4.69, 9.17) is 13.9 Å². The van der Waals surface area contributed by atoms with Gasteiger partial charge in [-0.3, -0.25) is 9.69 Å². The number of amides is 1. The third kappa shape index (κ3) is 3.96. The zero-order valence-corrected chi connectivity index (χ0v) is 18.3. The summed E-state index contributed by atoms with van der Waals surface area (Å²) in [5.74, 6) is 1.23. The Labute approximate surface area is 186 Å². The van der Waals surface area contributed by atoms with Gasteiger partial charge in [0.1, 0.15) is 12.2 Å². The molecule has 0 spiro atoms. The molecule has 166 valence electrons. The number of hydrogen-bond acceptors (Lipinski definition) is 6. The number of carbonyl (C=O) groups is 1. The van der Waals surface area contributed by atoms with Crippen molar-refractivity contribution in [2.75, 3.05) is 32.8 Å². The Morgan fingerprint density at radius 1 is 1.00 bits per heavy atom. The van der Waals surface area contributed by atoms with E-state index in [9.17, 15) is 9.59 Å². The molecule has 7 nitrogen and oxygen atoms in total. The van der Waals surface area contributed by atoms with Crippen LogP contribution in [0.15, 0.2) is 51.7 Å². The van der Waals surface area contributed by atoms with E-state index in [2.05, 4.69) is 17.9 Å². The third-order valence-electron chi connectivity index (χ3n) is 6.31. The number of fused-ring (bicyclic) bond motifs is 2. The Morgan fingerprint density at radius 3 is 2.50 bits per heavy atom. The number of benzene rings is 2. The average Bonchev–Trinajstić information content (AvgIpc) is 2.80. The molecule has 0 unspecified atom stereocenters. The molecule has 2 aromatic carbocycles. The number of hydrogen-bond donors (Lipinski definition) is 0. The smallest absolute Gasteiger partial charge is 0.336 e. The van der Waals surface area contributed by atoms with Gasteiger partial charge in [-0.05, 0) is 54.8 Å². The van der Waals surface area contributed by atoms with Gasteiger partial charge in [0.25, 0.3) is 5.91 Å². The van der Waals surface area contributed by atoms with E-state index in [0.29, 0.717) is 36.7 Å². The first kappa shape index (κ1) is 20.6. The van der Waals surface area contributed by atoms with E-state index in [1.165, 1.54) is 5.56 Å². The van der Waals surface area contributed by atoms with Gasteiger partial charge in [0.15, 0.2) is 11.5 Å². The van der Waals surface area contributed by atoms with Crippen LogP contribution >= 0.6 is 0 Å². The highest BCUT2D eigenvalue weighted by Gasteiger charge is 2.32. The SMILES string of the molecule is Cc1cc2oc(=O)cc(CN3CCN(C(=O)[C@H]4COc5ccccc5O4)CC3)c2cc1C. The van der Waals surface area contributed by atoms with Gasteiger partial charge in [0.05, 0.1) is 0 Å². The number of para-hydroxylation sites is 2. The monoisotopic (exact) mass is 434 g/mol. The van der Waals surface area contributed by atoms with Crippen LogP contribution in [0.5, 0.6) is 11.5 Å². The fourth-order valence-electron chi connectivity index (χ4n) is 4.33. The summed E-state index contributed by atoms with van der Waals surface area (Å²) in [4.78, 5) is 29.1. The van der Waals surface area contributed by atoms with E-state index < -0.39 is 6.10 Å². The maximum Gasteiger partial charge on any atom is 0.336 e. The molecule has 1 aromatic heterocycles. The van der Waals surface area contributed by atoms with Crippen LogP contribution in [0.25, 0.3) is 11.0 Å². The summed E-state index contributed by atoms with van der Waals surface area (Å²) < 4.78 is 17.0. The first-order chi connectivity index (χ1) is 15.5. The second kappa shape index (κ2) is 8.31. The summed E-state index contributed by atoms with van der Waals surface area (Å²) in [6, 6.07) is 13.0. The molecule has 1 atom stereocenters. The minimum Gasteiger partial charge on any atom is -0.485 e. The van der Waals surface area contributed by atoms with Gasteiger partial charge >= 0.3 is 5.63 Å². The van der Waals surface area contributed by atoms with Crippen molar-refractivity contribution in [2.45, 2.75) is 26.5 Å². The van der Waals surface area contributed by atoms with Gasteiger partial charge in [-0.15, -0.1) is 0 Å². The Hall–Kier alpha value is -3.32. The van der Waals surface area contributed by atoms with Crippen LogP contribution in [0.3, 0.4) is 0 Å². The molecule has 0 N–H and O–H groups in total. The summed E-state index contributed by atoms with van der Waals surface area (Å²) in [5, 5.41) is 0.970. The topological polar surface area (TPSA) is 72.2 Å². The highest BCUT2D eigenvalue weighted by molar-refractivity contribution is 5.82. The van der Waals surface area contributed by atoms with Gasteiger partial charge in [-0.2, -0.15) is 0 Å². The number of piperazine rings is 1. The van der Waals surface area contributed by atoms with Crippen LogP contribution in [0.4, 0.5) is 0 Å². The lowest BCUT2D eigenvalue weighted by Gasteiger charge is -2.37. The molecule has 5 rings (SSSR count). The van der Waals surface area contributed by atoms with Crippen LogP contribution < -0.4 is 15.1 Å². The van der Waals surface area contributed by atoms with Crippen molar-refractivity contribution >= 4 is 16.9 Å². The number of ether oxygens (including phenoxy) is 2. The predicted molar refractivity (Wildman–Crippen MR) is 120 cm³/mol. The van der Waals surface area contributed by atoms with Crippen molar-refractivity contribution in [3.8, 4) is 11.5 Å². The van der Waals surface area contributed by atoms with Gasteiger partial charge in [0.2, 0.25) is 6.10 Å². The van der Waals surface area contributed by atoms with Crippen molar-refractivity contribution < 1.29 is 18.7 Å². The molecular weight excluding hydrogens is 408 g/mol. The van der Waals surface area contributed by atoms with Crippen LogP contribution in [0.2, 0.25) is 0 Å². The molecule has 0 aliphatic carbocycles. The van der Waals surface area contributed by atoms with Crippen molar-refractivity contribution in [1.29, 1.82) is 0 Å². The minimum atomic E-state index is -0.620. The molecule has 2 aliphatic heterocycles. The van der Waals surface area contributed by atoms with Gasteiger partial charge < -0.3 is 18.8 Å². The van der Waals surface area contributed by atoms with E-state index in [-0.39, 0.29) is 18.1 Å². The van der Waals surface area contributed by atoms with E-state index in [0.717, 1.165) is 29.6 Å². The Balaban J connectivity index is 1.24. The Morgan fingerprint density at radius 2 is 1.72 bits per heavy atom. The summed E-state index contributed by atoms with van der Waals surface area (Å²) in [6.45, 7) is 7.60. The highest BCUT2D eigenvalue weighted by Crippen LogP contribution is 2.31. The molecule has 0 bridgehead atoms. The molecule has 1 fully saturated rings. The number of aryl methyl sites for hydroxylation is 2. The zero-order chi connectivity index (χ0) is 22.2. The molecule has 2 aliphatic rings. The van der Waals surface area contributed by atoms with Crippen LogP contribution in [-0.4, -0.2) is 54.6 Å². The molecule has 3 aromatic rings. The second-order valence-corrected chi connectivity index (χ2v) is 8.49. The first-order valence-corrected chi connectivity index (χ1v) is 10.9. The summed E-state index contributed by atoms with van der Waals surface area (Å²) >= 11 is 0. The second-order valence-electron chi connectivity index (χ2n) is 8.49. The Bertz CT molecular complexity index is 1230. The molecule has 0 radical (unpaired) electrons. The van der Waals surface area contributed by atoms with Gasteiger partial charge in [0, 0.05) is 44.2 Å². The lowest BCUT2D eigenvalue weighted by atomic mass is 10.0. The lowest BCUT2D eigenvalue weighted by Crippen LogP contribution is -2.53. The largest absolute Gasteiger partial charge is 0.485 e. The maximum atomic E-state index is 13.0. The summed E-state index contributed by atoms with van der Waals surface area (Å²) in [5.41, 5.74) is 3.51. The van der Waals surface area contributed by atoms with Crippen molar-refractivity contribution in [2.24, 2.45) is 0 Å². The molecular formula is C25H26N2O5. The highest BCUT2D eigenvalue weighted by atomic mass is 16.6. The molecule has 0 saturated carbocycles. The van der Waals surface area contributed by atoms with Gasteiger partial charge in [-0.1, -0.05) is 12.1 Å². The quantitative estimate of drug-likeness (QED) is 0.591. The third-order valence-corrected chi connectivity index (χ3v) is 6.31. The molecule has 7 heteroatoms. The molecule has 3 heterocycles. The van der Waals surface area contributed by atoms with Crippen LogP contribution in [0, 0.1) is 13.8 Å². The van der Waals surface area contributed by atoms with E-state index in [1.807, 2.05) is 42.2 Å². The average molecular weight is 434 g/mol. The number of rotatable bonds is 3. The molecule has 1 amide bonds. The predicted octanol–water partition coefficient (Wildman–Crippen LogP) is 2.89. The minimum absolute atomic E-state index is 0.0453. The van der Waals surface area contributed by atoms with Crippen molar-refractivity contribution in [3.63, 3.8) is 0 Å². The van der Waals surface area contributed by atoms with E-state index >= 15 is 0 Å². The fourth-order valence-corrected chi connectivity index (χ4v) is 4.33. The normalized spacial score (nSPS) is 18.7. The summed E-state index contributed by atoms with van der Waals surface area (Å²) in [7, 11) is 0. The van der Waals surface area contributed by atoms with Crippen molar-refractivity contribution in [3.05, 3.63) is 69.6 Å². The Kier molecular flexibility index (Phi) is 5.35. The number of nitrogens with zero attached hydrogens (tertiary/aromatic N) is 2. The molecule has 1 saturated heterocycles. The van der Waals surface area contributed by atoms with E-state index in [1.54, 1.807) is 6.07 Å². The van der Waals surface area contributed by atoms with Crippen molar-refractivity contribution in [1.82, 2.24) is 9.80 Å². The number of carbonyl (C=O) groups excluding carboxylic acids is 1. The molecule has 32 heavy (non-hydrogen) atoms. The fraction of sp³-hybridized carbons (Fsp3) is 0.360. The van der Waals surface area contributed by atoms with Crippen LogP contribution in [0.1, 0.15) is 16.7 Å². The lowest BCUT2D eigenvalue weighted by molar-refractivity contribution is -0.143. The van der Waals surface area contributed by atoms with Crippen LogP contribution in [-0.2, 0) is 11.3 Å². The maximum absolute atomic E-state index is 13.0. The standard InChI is InChI=1S/C25H26N2O5/c1-16-11-19-18(13-24(28)32-22(19)12-17(16)2)14-26-7-9-27(10-8-26)25(29)23-15-30-20-5-3-4-6-21(20)31-23/h3-6,11-13,23H,7-10,14-15H2,1-2H3/t23-/m1/s1. The zero-order valence-electron chi connectivity index (χ0n) is 18.3. The van der Waals surface area contributed by atoms with Gasteiger partial charge in [-0.25, -0.2) is 4.79 Å². The first-order valence-electron chi connectivity index (χ1n) is 10.9. The summed E-state index contributed by atoms with van der Waals surface area (Å²) in [6.07, 6.45) is -0.620.